The van der Waals surface area contributed by atoms with Crippen LogP contribution in [0.3, 0.4) is 0 Å². The van der Waals surface area contributed by atoms with Gasteiger partial charge in [0.15, 0.2) is 0 Å². The van der Waals surface area contributed by atoms with Crippen molar-refractivity contribution in [2.75, 3.05) is 0 Å². The average molecular weight is 168 g/mol. The van der Waals surface area contributed by atoms with Gasteiger partial charge in [-0.1, -0.05) is 27.2 Å². The molecular weight excluding hydrogens is 148 g/mol. The standard InChI is InChI=1S/C11H20O/c1-9(2)4-6-11(3)7-5-10(12)8-11/h9H,4-8H2,1-3H3. The molecule has 1 fully saturated rings. The van der Waals surface area contributed by atoms with Gasteiger partial charge >= 0.3 is 0 Å². The Morgan fingerprint density at radius 2 is 2.17 bits per heavy atom. The molecule has 12 heavy (non-hydrogen) atoms. The van der Waals surface area contributed by atoms with Crippen molar-refractivity contribution in [3.63, 3.8) is 0 Å². The van der Waals surface area contributed by atoms with Gasteiger partial charge in [-0.05, 0) is 24.2 Å². The fraction of sp³-hybridized carbons (Fsp3) is 0.909. The zero-order valence-corrected chi connectivity index (χ0v) is 8.52. The molecular formula is C11H20O. The number of carbonyl (C=O) groups excluding carboxylic acids is 1. The van der Waals surface area contributed by atoms with Crippen LogP contribution in [0.2, 0.25) is 0 Å². The van der Waals surface area contributed by atoms with E-state index in [1.165, 1.54) is 12.8 Å². The van der Waals surface area contributed by atoms with E-state index in [2.05, 4.69) is 20.8 Å². The molecule has 0 aromatic heterocycles. The van der Waals surface area contributed by atoms with E-state index in [0.29, 0.717) is 11.2 Å². The largest absolute Gasteiger partial charge is 0.300 e. The lowest BCUT2D eigenvalue weighted by Gasteiger charge is -2.23. The van der Waals surface area contributed by atoms with Crippen LogP contribution in [0, 0.1) is 11.3 Å². The maximum absolute atomic E-state index is 11.1. The molecule has 1 rings (SSSR count). The van der Waals surface area contributed by atoms with Crippen LogP contribution in [-0.2, 0) is 4.79 Å². The molecule has 1 aliphatic rings. The zero-order valence-electron chi connectivity index (χ0n) is 8.52. The third-order valence-corrected chi connectivity index (χ3v) is 2.96. The Kier molecular flexibility index (Phi) is 2.92. The summed E-state index contributed by atoms with van der Waals surface area (Å²) < 4.78 is 0. The lowest BCUT2D eigenvalue weighted by Crippen LogP contribution is -2.12. The van der Waals surface area contributed by atoms with Crippen molar-refractivity contribution in [1.29, 1.82) is 0 Å². The minimum absolute atomic E-state index is 0.349. The molecule has 0 heterocycles. The smallest absolute Gasteiger partial charge is 0.133 e. The van der Waals surface area contributed by atoms with Crippen LogP contribution >= 0.6 is 0 Å². The number of carbonyl (C=O) groups is 1. The van der Waals surface area contributed by atoms with Gasteiger partial charge in [0.25, 0.3) is 0 Å². The Labute approximate surface area is 75.5 Å². The summed E-state index contributed by atoms with van der Waals surface area (Å²) in [6, 6.07) is 0. The van der Waals surface area contributed by atoms with Crippen molar-refractivity contribution in [2.24, 2.45) is 11.3 Å². The number of ketones is 1. The molecule has 0 aliphatic heterocycles. The SMILES string of the molecule is CC(C)CCC1(C)CCC(=O)C1. The Morgan fingerprint density at radius 3 is 2.58 bits per heavy atom. The molecule has 1 saturated carbocycles. The molecule has 0 spiro atoms. The molecule has 1 heteroatoms. The fourth-order valence-corrected chi connectivity index (χ4v) is 1.94. The average Bonchev–Trinajstić information content (AvgIpc) is 2.29. The second-order valence-electron chi connectivity index (χ2n) is 4.96. The highest BCUT2D eigenvalue weighted by molar-refractivity contribution is 5.81. The summed E-state index contributed by atoms with van der Waals surface area (Å²) >= 11 is 0. The van der Waals surface area contributed by atoms with Gasteiger partial charge in [0.2, 0.25) is 0 Å². The maximum Gasteiger partial charge on any atom is 0.133 e. The first kappa shape index (κ1) is 9.76. The molecule has 0 saturated heterocycles. The summed E-state index contributed by atoms with van der Waals surface area (Å²) in [5, 5.41) is 0. The number of hydrogen-bond acceptors (Lipinski definition) is 1. The molecule has 0 radical (unpaired) electrons. The summed E-state index contributed by atoms with van der Waals surface area (Å²) in [4.78, 5) is 11.1. The Balaban J connectivity index is 2.35. The van der Waals surface area contributed by atoms with Crippen molar-refractivity contribution < 1.29 is 4.79 Å². The Morgan fingerprint density at radius 1 is 1.50 bits per heavy atom. The quantitative estimate of drug-likeness (QED) is 0.632. The Bertz CT molecular complexity index is 172. The van der Waals surface area contributed by atoms with Crippen LogP contribution in [0.1, 0.15) is 52.9 Å². The van der Waals surface area contributed by atoms with Gasteiger partial charge in [0.1, 0.15) is 5.78 Å². The summed E-state index contributed by atoms with van der Waals surface area (Å²) in [6.45, 7) is 6.76. The van der Waals surface area contributed by atoms with Gasteiger partial charge in [0.05, 0.1) is 0 Å². The van der Waals surface area contributed by atoms with Gasteiger partial charge < -0.3 is 0 Å². The Hall–Kier alpha value is -0.330. The van der Waals surface area contributed by atoms with Gasteiger partial charge in [0, 0.05) is 12.8 Å². The van der Waals surface area contributed by atoms with E-state index in [9.17, 15) is 4.79 Å². The summed E-state index contributed by atoms with van der Waals surface area (Å²) in [5.74, 6) is 1.25. The third-order valence-electron chi connectivity index (χ3n) is 2.96. The number of hydrogen-bond donors (Lipinski definition) is 0. The highest BCUT2D eigenvalue weighted by Crippen LogP contribution is 2.40. The molecule has 0 N–H and O–H groups in total. The minimum Gasteiger partial charge on any atom is -0.300 e. The predicted octanol–water partition coefficient (Wildman–Crippen LogP) is 3.18. The molecule has 0 aromatic rings. The second kappa shape index (κ2) is 3.59. The van der Waals surface area contributed by atoms with Crippen molar-refractivity contribution in [3.8, 4) is 0 Å². The van der Waals surface area contributed by atoms with E-state index in [1.54, 1.807) is 0 Å². The zero-order chi connectivity index (χ0) is 9.19. The molecule has 1 nitrogen and oxygen atoms in total. The van der Waals surface area contributed by atoms with Crippen molar-refractivity contribution in [1.82, 2.24) is 0 Å². The first-order valence-electron chi connectivity index (χ1n) is 5.03. The number of Topliss-reactive ketones (excluding diaryl/α,β-unsaturated/α-hetero) is 1. The molecule has 1 aliphatic carbocycles. The highest BCUT2D eigenvalue weighted by atomic mass is 16.1. The van der Waals surface area contributed by atoms with E-state index in [1.807, 2.05) is 0 Å². The van der Waals surface area contributed by atoms with Crippen LogP contribution < -0.4 is 0 Å². The first-order chi connectivity index (χ1) is 5.52. The van der Waals surface area contributed by atoms with Crippen molar-refractivity contribution in [2.45, 2.75) is 52.9 Å². The van der Waals surface area contributed by atoms with Crippen LogP contribution in [0.4, 0.5) is 0 Å². The van der Waals surface area contributed by atoms with Gasteiger partial charge in [-0.2, -0.15) is 0 Å². The van der Waals surface area contributed by atoms with Gasteiger partial charge in [-0.25, -0.2) is 0 Å². The lowest BCUT2D eigenvalue weighted by molar-refractivity contribution is -0.118. The summed E-state index contributed by atoms with van der Waals surface area (Å²) in [7, 11) is 0. The van der Waals surface area contributed by atoms with Crippen LogP contribution in [0.5, 0.6) is 0 Å². The lowest BCUT2D eigenvalue weighted by atomic mass is 9.82. The third kappa shape index (κ3) is 2.62. The predicted molar refractivity (Wildman–Crippen MR) is 51.0 cm³/mol. The van der Waals surface area contributed by atoms with Gasteiger partial charge in [-0.3, -0.25) is 4.79 Å². The van der Waals surface area contributed by atoms with E-state index in [4.69, 9.17) is 0 Å². The summed E-state index contributed by atoms with van der Waals surface area (Å²) in [5.41, 5.74) is 0.349. The topological polar surface area (TPSA) is 17.1 Å². The van der Waals surface area contributed by atoms with Crippen molar-refractivity contribution >= 4 is 5.78 Å². The first-order valence-corrected chi connectivity index (χ1v) is 5.03. The van der Waals surface area contributed by atoms with Gasteiger partial charge in [-0.15, -0.1) is 0 Å². The molecule has 1 atom stereocenters. The van der Waals surface area contributed by atoms with Crippen LogP contribution in [-0.4, -0.2) is 5.78 Å². The molecule has 70 valence electrons. The molecule has 0 aromatic carbocycles. The second-order valence-corrected chi connectivity index (χ2v) is 4.96. The monoisotopic (exact) mass is 168 g/mol. The molecule has 0 amide bonds. The number of rotatable bonds is 3. The fourth-order valence-electron chi connectivity index (χ4n) is 1.94. The van der Waals surface area contributed by atoms with Crippen molar-refractivity contribution in [3.05, 3.63) is 0 Å². The van der Waals surface area contributed by atoms with E-state index < -0.39 is 0 Å². The maximum atomic E-state index is 11.1. The van der Waals surface area contributed by atoms with Crippen LogP contribution in [0.15, 0.2) is 0 Å². The normalized spacial score (nSPS) is 30.2. The summed E-state index contributed by atoms with van der Waals surface area (Å²) in [6.07, 6.45) is 5.28. The van der Waals surface area contributed by atoms with E-state index >= 15 is 0 Å². The molecule has 1 unspecified atom stereocenters. The highest BCUT2D eigenvalue weighted by Gasteiger charge is 2.33. The minimum atomic E-state index is 0.349. The van der Waals surface area contributed by atoms with Crippen LogP contribution in [0.25, 0.3) is 0 Å². The van der Waals surface area contributed by atoms with E-state index in [-0.39, 0.29) is 0 Å². The van der Waals surface area contributed by atoms with E-state index in [0.717, 1.165) is 25.2 Å². The molecule has 0 bridgehead atoms.